The van der Waals surface area contributed by atoms with Crippen LogP contribution in [0, 0.1) is 11.3 Å². The maximum Gasteiger partial charge on any atom is 0.334 e. The van der Waals surface area contributed by atoms with Gasteiger partial charge in [0.25, 0.3) is 0 Å². The minimum Gasteiger partial charge on any atom is -0.464 e. The van der Waals surface area contributed by atoms with Crippen molar-refractivity contribution in [2.75, 3.05) is 6.61 Å². The van der Waals surface area contributed by atoms with Crippen molar-refractivity contribution in [1.82, 2.24) is 0 Å². The fourth-order valence-electron chi connectivity index (χ4n) is 2.12. The molecule has 0 aromatic rings. The molecule has 0 aromatic heterocycles. The number of esters is 1. The van der Waals surface area contributed by atoms with E-state index in [1.807, 2.05) is 0 Å². The van der Waals surface area contributed by atoms with E-state index in [4.69, 9.17) is 10.00 Å². The third-order valence-corrected chi connectivity index (χ3v) is 7.57. The van der Waals surface area contributed by atoms with Crippen molar-refractivity contribution in [2.45, 2.75) is 63.9 Å². The number of nitrogens with zero attached hydrogens (tertiary/aromatic N) is 1. The van der Waals surface area contributed by atoms with E-state index < -0.39 is 20.1 Å². The number of nitriles is 1. The van der Waals surface area contributed by atoms with Gasteiger partial charge in [-0.05, 0) is 6.92 Å². The quantitative estimate of drug-likeness (QED) is 0.544. The van der Waals surface area contributed by atoms with E-state index in [0.717, 1.165) is 18.9 Å². The minimum absolute atomic E-state index is 0.225. The molecule has 104 valence electrons. The van der Waals surface area contributed by atoms with Crippen molar-refractivity contribution < 1.29 is 14.6 Å². The number of unbranched alkanes of at least 4 members (excludes halogenated alkanes) is 1. The molecule has 0 aromatic carbocycles. The summed E-state index contributed by atoms with van der Waals surface area (Å²) in [6.07, 6.45) is 1.24. The van der Waals surface area contributed by atoms with Gasteiger partial charge in [0.2, 0.25) is 0 Å². The highest BCUT2D eigenvalue weighted by atomic mass is 28.3. The van der Waals surface area contributed by atoms with Crippen molar-refractivity contribution in [3.63, 3.8) is 0 Å². The number of carbonyl (C=O) groups is 1. The van der Waals surface area contributed by atoms with Gasteiger partial charge in [-0.3, -0.25) is 0 Å². The molecule has 0 heterocycles. The Morgan fingerprint density at radius 2 is 2.06 bits per heavy atom. The van der Waals surface area contributed by atoms with Crippen LogP contribution >= 0.6 is 0 Å². The van der Waals surface area contributed by atoms with Crippen molar-refractivity contribution in [2.24, 2.45) is 0 Å². The molecule has 5 heteroatoms. The summed E-state index contributed by atoms with van der Waals surface area (Å²) in [5.74, 6) is -0.588. The molecule has 2 atom stereocenters. The van der Waals surface area contributed by atoms with E-state index in [0.29, 0.717) is 0 Å². The van der Waals surface area contributed by atoms with Gasteiger partial charge in [0.15, 0.2) is 6.10 Å². The second-order valence-corrected chi connectivity index (χ2v) is 10.5. The topological polar surface area (TPSA) is 70.3 Å². The lowest BCUT2D eigenvalue weighted by Crippen LogP contribution is -2.43. The Labute approximate surface area is 111 Å². The van der Waals surface area contributed by atoms with Crippen LogP contribution < -0.4 is 0 Å². The summed E-state index contributed by atoms with van der Waals surface area (Å²) in [5.41, 5.74) is -0.243. The van der Waals surface area contributed by atoms with E-state index in [1.165, 1.54) is 0 Å². The first-order valence-corrected chi connectivity index (χ1v) is 9.90. The fraction of sp³-hybridized carbons (Fsp3) is 0.846. The van der Waals surface area contributed by atoms with Crippen LogP contribution in [-0.2, 0) is 9.53 Å². The molecule has 0 rings (SSSR count). The van der Waals surface area contributed by atoms with Gasteiger partial charge in [-0.15, -0.1) is 0 Å². The predicted molar refractivity (Wildman–Crippen MR) is 73.8 cm³/mol. The number of ether oxygens (including phenoxy) is 1. The zero-order valence-corrected chi connectivity index (χ0v) is 12.9. The molecule has 18 heavy (non-hydrogen) atoms. The number of carbonyl (C=O) groups excluding carboxylic acids is 1. The number of hydrogen-bond donors (Lipinski definition) is 1. The Morgan fingerprint density at radius 3 is 2.50 bits per heavy atom. The highest BCUT2D eigenvalue weighted by Crippen LogP contribution is 2.34. The lowest BCUT2D eigenvalue weighted by molar-refractivity contribution is -0.153. The Hall–Kier alpha value is -0.863. The van der Waals surface area contributed by atoms with Gasteiger partial charge in [0.1, 0.15) is 0 Å². The summed E-state index contributed by atoms with van der Waals surface area (Å²) in [4.78, 5) is 11.6. The zero-order valence-electron chi connectivity index (χ0n) is 11.9. The Morgan fingerprint density at radius 1 is 1.44 bits per heavy atom. The first-order valence-electron chi connectivity index (χ1n) is 6.62. The number of aliphatic hydroxyl groups is 1. The van der Waals surface area contributed by atoms with Crippen LogP contribution in [0.4, 0.5) is 0 Å². The average Bonchev–Trinajstić information content (AvgIpc) is 2.32. The molecule has 0 amide bonds. The van der Waals surface area contributed by atoms with Gasteiger partial charge in [-0.2, -0.15) is 5.26 Å². The van der Waals surface area contributed by atoms with Crippen LogP contribution in [0.3, 0.4) is 0 Å². The molecular formula is C13H25NO3Si. The summed E-state index contributed by atoms with van der Waals surface area (Å²) in [6, 6.07) is 3.12. The average molecular weight is 271 g/mol. The molecular weight excluding hydrogens is 246 g/mol. The molecule has 0 saturated carbocycles. The smallest absolute Gasteiger partial charge is 0.334 e. The molecule has 0 saturated heterocycles. The van der Waals surface area contributed by atoms with Crippen molar-refractivity contribution >= 4 is 14.0 Å². The maximum atomic E-state index is 11.6. The van der Waals surface area contributed by atoms with E-state index in [1.54, 1.807) is 6.92 Å². The molecule has 0 bridgehead atoms. The number of aliphatic hydroxyl groups excluding tert-OH is 1. The summed E-state index contributed by atoms with van der Waals surface area (Å²) < 4.78 is 4.85. The minimum atomic E-state index is -1.80. The number of rotatable bonds is 8. The van der Waals surface area contributed by atoms with E-state index >= 15 is 0 Å². The van der Waals surface area contributed by atoms with E-state index in [-0.39, 0.29) is 18.6 Å². The van der Waals surface area contributed by atoms with Crippen molar-refractivity contribution in [3.05, 3.63) is 0 Å². The molecule has 0 aliphatic carbocycles. The molecule has 2 unspecified atom stereocenters. The zero-order chi connectivity index (χ0) is 14.2. The number of hydrogen-bond acceptors (Lipinski definition) is 4. The van der Waals surface area contributed by atoms with Gasteiger partial charge < -0.3 is 9.84 Å². The maximum absolute atomic E-state index is 11.6. The van der Waals surface area contributed by atoms with Crippen LogP contribution in [0.5, 0.6) is 0 Å². The van der Waals surface area contributed by atoms with E-state index in [2.05, 4.69) is 26.1 Å². The lowest BCUT2D eigenvalue weighted by Gasteiger charge is -2.33. The van der Waals surface area contributed by atoms with Crippen molar-refractivity contribution in [1.29, 1.82) is 5.26 Å². The van der Waals surface area contributed by atoms with Gasteiger partial charge in [-0.25, -0.2) is 4.79 Å². The Bertz CT molecular complexity index is 299. The predicted octanol–water partition coefficient (Wildman–Crippen LogP) is 2.70. The summed E-state index contributed by atoms with van der Waals surface area (Å²) in [6.45, 7) is 8.35. The summed E-state index contributed by atoms with van der Waals surface area (Å²) in [7, 11) is -1.80. The van der Waals surface area contributed by atoms with Gasteiger partial charge in [0.05, 0.1) is 20.7 Å². The van der Waals surface area contributed by atoms with Gasteiger partial charge in [0, 0.05) is 12.0 Å². The molecule has 0 radical (unpaired) electrons. The third kappa shape index (κ3) is 5.19. The van der Waals surface area contributed by atoms with Crippen LogP contribution in [0.1, 0.15) is 33.1 Å². The Kier molecular flexibility index (Phi) is 7.88. The monoisotopic (exact) mass is 271 g/mol. The first-order chi connectivity index (χ1) is 8.40. The van der Waals surface area contributed by atoms with E-state index in [9.17, 15) is 9.90 Å². The lowest BCUT2D eigenvalue weighted by atomic mass is 10.2. The third-order valence-electron chi connectivity index (χ3n) is 3.40. The van der Waals surface area contributed by atoms with Crippen molar-refractivity contribution in [3.8, 4) is 6.07 Å². The highest BCUT2D eigenvalue weighted by Gasteiger charge is 2.39. The normalized spacial score (nSPS) is 14.7. The van der Waals surface area contributed by atoms with Crippen LogP contribution in [-0.4, -0.2) is 31.9 Å². The molecule has 0 fully saturated rings. The van der Waals surface area contributed by atoms with Crippen LogP contribution in [0.2, 0.25) is 24.7 Å². The standard InChI is InChI=1S/C13H25NO3Si/c1-5-7-10-18(3,4)11(8-9-14)12(15)13(16)17-6-2/h11-12,15H,5-8,10H2,1-4H3. The highest BCUT2D eigenvalue weighted by molar-refractivity contribution is 6.79. The fourth-order valence-corrected chi connectivity index (χ4v) is 5.39. The molecule has 0 aliphatic heterocycles. The largest absolute Gasteiger partial charge is 0.464 e. The summed E-state index contributed by atoms with van der Waals surface area (Å²) >= 11 is 0. The molecule has 0 spiro atoms. The second kappa shape index (κ2) is 8.28. The first kappa shape index (κ1) is 17.1. The molecule has 4 nitrogen and oxygen atoms in total. The van der Waals surface area contributed by atoms with Gasteiger partial charge in [-0.1, -0.05) is 38.9 Å². The second-order valence-electron chi connectivity index (χ2n) is 5.26. The summed E-state index contributed by atoms with van der Waals surface area (Å²) in [5, 5.41) is 19.0. The van der Waals surface area contributed by atoms with Crippen LogP contribution in [0.15, 0.2) is 0 Å². The van der Waals surface area contributed by atoms with Crippen LogP contribution in [0.25, 0.3) is 0 Å². The molecule has 0 aliphatic rings. The van der Waals surface area contributed by atoms with Gasteiger partial charge >= 0.3 is 5.97 Å². The molecule has 1 N–H and O–H groups in total. The Balaban J connectivity index is 4.82. The SMILES string of the molecule is CCCC[Si](C)(C)C(CC#N)C(O)C(=O)OCC.